The molecule has 2 amide bonds. The molecule has 1 aliphatic heterocycles. The number of thiol groups is 1. The van der Waals surface area contributed by atoms with Crippen LogP contribution in [-0.2, 0) is 34.0 Å². The number of pyridine rings is 1. The minimum Gasteiger partial charge on any atom is -0.493 e. The largest absolute Gasteiger partial charge is 0.493 e. The molecule has 0 aliphatic carbocycles. The summed E-state index contributed by atoms with van der Waals surface area (Å²) in [5.41, 5.74) is 3.04. The number of aromatic nitrogens is 1. The van der Waals surface area contributed by atoms with Gasteiger partial charge in [-0.2, -0.15) is 0 Å². The van der Waals surface area contributed by atoms with Crippen molar-refractivity contribution in [2.24, 2.45) is 0 Å². The first-order valence-corrected chi connectivity index (χ1v) is 13.2. The van der Waals surface area contributed by atoms with Gasteiger partial charge in [0.2, 0.25) is 5.91 Å². The third-order valence-corrected chi connectivity index (χ3v) is 6.85. The summed E-state index contributed by atoms with van der Waals surface area (Å²) in [7, 11) is -2.00. The van der Waals surface area contributed by atoms with Crippen molar-refractivity contribution in [3.63, 3.8) is 0 Å². The number of rotatable bonds is 9. The number of hydrogen-bond acceptors (Lipinski definition) is 6. The van der Waals surface area contributed by atoms with E-state index in [1.54, 1.807) is 0 Å². The maximum absolute atomic E-state index is 11.8. The van der Waals surface area contributed by atoms with Crippen LogP contribution in [-0.4, -0.2) is 50.5 Å². The lowest BCUT2D eigenvalue weighted by Gasteiger charge is -2.11. The van der Waals surface area contributed by atoms with Crippen molar-refractivity contribution in [2.45, 2.75) is 24.5 Å². The number of imide groups is 1. The number of nitrogens with zero attached hydrogens (tertiary/aromatic N) is 1. The standard InChI is InChI=1S/C21H26N2O4S2/c1-29(2,26)12-10-16-3-6-17(22-14-16)9-11-27-18-7-4-15(5-8-18)13-19-20(24)23-21(25)28-19/h3-8,14,19,29H,9-13H2,1-2H3,(H,23,24,25). The fourth-order valence-corrected chi connectivity index (χ4v) is 4.54. The third-order valence-electron chi connectivity index (χ3n) is 4.56. The molecule has 1 fully saturated rings. The van der Waals surface area contributed by atoms with Crippen molar-refractivity contribution in [2.75, 3.05) is 24.9 Å². The summed E-state index contributed by atoms with van der Waals surface area (Å²) in [6.07, 6.45) is 7.47. The summed E-state index contributed by atoms with van der Waals surface area (Å²) in [4.78, 5) is 27.3. The summed E-state index contributed by atoms with van der Waals surface area (Å²) >= 11 is 1.04. The van der Waals surface area contributed by atoms with E-state index in [9.17, 15) is 13.8 Å². The van der Waals surface area contributed by atoms with Gasteiger partial charge in [-0.3, -0.25) is 24.1 Å². The normalized spacial score (nSPS) is 17.2. The average Bonchev–Trinajstić information content (AvgIpc) is 2.99. The Balaban J connectivity index is 1.43. The van der Waals surface area contributed by atoms with E-state index in [1.807, 2.05) is 55.1 Å². The molecule has 2 heterocycles. The van der Waals surface area contributed by atoms with E-state index in [0.29, 0.717) is 25.2 Å². The molecule has 1 aromatic carbocycles. The van der Waals surface area contributed by atoms with Gasteiger partial charge in [0.15, 0.2) is 0 Å². The smallest absolute Gasteiger partial charge is 0.286 e. The summed E-state index contributed by atoms with van der Waals surface area (Å²) < 4.78 is 17.6. The zero-order chi connectivity index (χ0) is 20.9. The molecule has 3 rings (SSSR count). The van der Waals surface area contributed by atoms with Crippen molar-refractivity contribution < 1.29 is 18.5 Å². The number of amides is 2. The summed E-state index contributed by atoms with van der Waals surface area (Å²) in [5.74, 6) is 1.23. The molecule has 1 atom stereocenters. The van der Waals surface area contributed by atoms with E-state index in [2.05, 4.69) is 10.3 Å². The lowest BCUT2D eigenvalue weighted by Crippen LogP contribution is -2.25. The van der Waals surface area contributed by atoms with Crippen LogP contribution in [0.5, 0.6) is 5.75 Å². The number of hydrogen-bond donors (Lipinski definition) is 2. The number of carbonyl (C=O) groups excluding carboxylic acids is 2. The Labute approximate surface area is 176 Å². The van der Waals surface area contributed by atoms with Crippen LogP contribution < -0.4 is 10.1 Å². The Morgan fingerprint density at radius 2 is 1.79 bits per heavy atom. The van der Waals surface area contributed by atoms with Crippen LogP contribution in [0.2, 0.25) is 0 Å². The number of benzene rings is 1. The highest BCUT2D eigenvalue weighted by atomic mass is 32.2. The van der Waals surface area contributed by atoms with Crippen LogP contribution in [0, 0.1) is 0 Å². The summed E-state index contributed by atoms with van der Waals surface area (Å²) in [6.45, 7) is 0.514. The first kappa shape index (κ1) is 21.5. The van der Waals surface area contributed by atoms with E-state index < -0.39 is 9.93 Å². The Bertz CT molecular complexity index is 907. The molecule has 8 heteroatoms. The van der Waals surface area contributed by atoms with Crippen LogP contribution in [0.15, 0.2) is 42.6 Å². The van der Waals surface area contributed by atoms with Gasteiger partial charge in [0.05, 0.1) is 11.9 Å². The quantitative estimate of drug-likeness (QED) is 0.590. The van der Waals surface area contributed by atoms with Crippen LogP contribution in [0.3, 0.4) is 0 Å². The molecule has 156 valence electrons. The van der Waals surface area contributed by atoms with Gasteiger partial charge in [0.1, 0.15) is 5.75 Å². The van der Waals surface area contributed by atoms with Crippen molar-refractivity contribution in [1.82, 2.24) is 10.3 Å². The number of thioether (sulfide) groups is 1. The van der Waals surface area contributed by atoms with Gasteiger partial charge in [-0.25, -0.2) is 0 Å². The van der Waals surface area contributed by atoms with Gasteiger partial charge in [0.25, 0.3) is 5.24 Å². The lowest BCUT2D eigenvalue weighted by atomic mass is 10.1. The Hall–Kier alpha value is -2.19. The molecule has 1 aromatic heterocycles. The topological polar surface area (TPSA) is 85.4 Å². The molecule has 0 saturated carbocycles. The minimum atomic E-state index is -2.00. The zero-order valence-electron chi connectivity index (χ0n) is 16.6. The second-order valence-corrected chi connectivity index (χ2v) is 12.3. The SMILES string of the molecule is C[SH](C)(=O)CCc1ccc(CCOc2ccc(CC3SC(=O)NC3=O)cc2)nc1. The Morgan fingerprint density at radius 3 is 2.38 bits per heavy atom. The van der Waals surface area contributed by atoms with E-state index in [-0.39, 0.29) is 16.4 Å². The van der Waals surface area contributed by atoms with Crippen LogP contribution >= 0.6 is 11.8 Å². The molecular formula is C21H26N2O4S2. The Kier molecular flexibility index (Phi) is 7.08. The fourth-order valence-electron chi connectivity index (χ4n) is 2.89. The second-order valence-electron chi connectivity index (χ2n) is 7.54. The van der Waals surface area contributed by atoms with Crippen LogP contribution in [0.1, 0.15) is 16.8 Å². The van der Waals surface area contributed by atoms with Gasteiger partial charge in [-0.1, -0.05) is 30.0 Å². The summed E-state index contributed by atoms with van der Waals surface area (Å²) in [6, 6.07) is 11.6. The van der Waals surface area contributed by atoms with Crippen molar-refractivity contribution in [3.05, 3.63) is 59.4 Å². The maximum Gasteiger partial charge on any atom is 0.286 e. The average molecular weight is 435 g/mol. The molecule has 0 spiro atoms. The number of carbonyl (C=O) groups is 2. The molecule has 2 aromatic rings. The van der Waals surface area contributed by atoms with Gasteiger partial charge in [0, 0.05) is 24.1 Å². The van der Waals surface area contributed by atoms with E-state index in [4.69, 9.17) is 4.74 Å². The number of nitrogens with one attached hydrogen (secondary N) is 1. The highest BCUT2D eigenvalue weighted by Gasteiger charge is 2.31. The van der Waals surface area contributed by atoms with Crippen molar-refractivity contribution >= 4 is 32.8 Å². The van der Waals surface area contributed by atoms with Gasteiger partial charge in [-0.05, 0) is 54.7 Å². The van der Waals surface area contributed by atoms with Gasteiger partial charge >= 0.3 is 0 Å². The zero-order valence-corrected chi connectivity index (χ0v) is 18.3. The molecule has 1 saturated heterocycles. The number of aryl methyl sites for hydroxylation is 1. The molecule has 1 aliphatic rings. The molecule has 0 radical (unpaired) electrons. The van der Waals surface area contributed by atoms with E-state index >= 15 is 0 Å². The van der Waals surface area contributed by atoms with E-state index in [1.165, 1.54) is 0 Å². The first-order chi connectivity index (χ1) is 13.8. The van der Waals surface area contributed by atoms with Crippen LogP contribution in [0.4, 0.5) is 4.79 Å². The van der Waals surface area contributed by atoms with Gasteiger partial charge in [-0.15, -0.1) is 9.93 Å². The molecule has 1 unspecified atom stereocenters. The molecule has 29 heavy (non-hydrogen) atoms. The van der Waals surface area contributed by atoms with Gasteiger partial charge < -0.3 is 4.74 Å². The predicted molar refractivity (Wildman–Crippen MR) is 118 cm³/mol. The third kappa shape index (κ3) is 6.97. The molecule has 1 N–H and O–H groups in total. The summed E-state index contributed by atoms with van der Waals surface area (Å²) in [5, 5.41) is 1.66. The lowest BCUT2D eigenvalue weighted by molar-refractivity contribution is -0.118. The maximum atomic E-state index is 11.8. The van der Waals surface area contributed by atoms with E-state index in [0.717, 1.165) is 40.8 Å². The van der Waals surface area contributed by atoms with Crippen LogP contribution in [0.25, 0.3) is 0 Å². The molecular weight excluding hydrogens is 408 g/mol. The second kappa shape index (κ2) is 9.54. The minimum absolute atomic E-state index is 0.225. The van der Waals surface area contributed by atoms with Crippen molar-refractivity contribution in [3.8, 4) is 5.75 Å². The monoisotopic (exact) mass is 434 g/mol. The molecule has 0 bridgehead atoms. The van der Waals surface area contributed by atoms with Crippen molar-refractivity contribution in [1.29, 1.82) is 0 Å². The molecule has 6 nitrogen and oxygen atoms in total. The first-order valence-electron chi connectivity index (χ1n) is 9.49. The number of ether oxygens (including phenoxy) is 1. The predicted octanol–water partition coefficient (Wildman–Crippen LogP) is 2.42. The highest BCUT2D eigenvalue weighted by Crippen LogP contribution is 2.23. The fraction of sp³-hybridized carbons (Fsp3) is 0.381. The highest BCUT2D eigenvalue weighted by molar-refractivity contribution is 8.15. The Morgan fingerprint density at radius 1 is 1.07 bits per heavy atom.